The Labute approximate surface area is 65.2 Å². The quantitative estimate of drug-likeness (QED) is 0.509. The van der Waals surface area contributed by atoms with Crippen LogP contribution in [-0.2, 0) is 5.33 Å². The summed E-state index contributed by atoms with van der Waals surface area (Å²) in [4.78, 5) is 3.40. The number of nitrogens with zero attached hydrogens (tertiary/aromatic N) is 1. The molecule has 0 saturated heterocycles. The van der Waals surface area contributed by atoms with Crippen LogP contribution < -0.4 is 0 Å². The number of alkyl halides is 1. The molecule has 0 aliphatic heterocycles. The first-order chi connectivity index (χ1) is 4.72. The summed E-state index contributed by atoms with van der Waals surface area (Å²) < 4.78 is 24.6. The van der Waals surface area contributed by atoms with Gasteiger partial charge >= 0.3 is 0 Å². The summed E-state index contributed by atoms with van der Waals surface area (Å²) in [7, 11) is 0. The van der Waals surface area contributed by atoms with Gasteiger partial charge < -0.3 is 0 Å². The summed E-state index contributed by atoms with van der Waals surface area (Å²) in [5.41, 5.74) is 0.359. The third-order valence-electron chi connectivity index (χ3n) is 0.949. The standard InChI is InChI=1S/C6H4BrF2N/c7-3-5-1-4(8)2-6(9)10-5/h1-2H,3H2. The van der Waals surface area contributed by atoms with Gasteiger partial charge in [-0.2, -0.15) is 4.39 Å². The minimum absolute atomic E-state index is 0.359. The first kappa shape index (κ1) is 7.60. The van der Waals surface area contributed by atoms with Crippen LogP contribution in [0.25, 0.3) is 0 Å². The van der Waals surface area contributed by atoms with Crippen molar-refractivity contribution in [3.05, 3.63) is 29.6 Å². The van der Waals surface area contributed by atoms with Crippen LogP contribution in [0.15, 0.2) is 12.1 Å². The van der Waals surface area contributed by atoms with Crippen LogP contribution in [0.1, 0.15) is 5.69 Å². The molecule has 0 unspecified atom stereocenters. The maximum Gasteiger partial charge on any atom is 0.216 e. The fraction of sp³-hybridized carbons (Fsp3) is 0.167. The van der Waals surface area contributed by atoms with Gasteiger partial charge in [-0.25, -0.2) is 9.37 Å². The summed E-state index contributed by atoms with van der Waals surface area (Å²) in [5.74, 6) is -1.38. The molecule has 0 atom stereocenters. The molecule has 1 heterocycles. The highest BCUT2D eigenvalue weighted by atomic mass is 79.9. The molecule has 1 rings (SSSR count). The highest BCUT2D eigenvalue weighted by molar-refractivity contribution is 9.08. The molecule has 4 heteroatoms. The molecule has 0 saturated carbocycles. The number of hydrogen-bond donors (Lipinski definition) is 0. The smallest absolute Gasteiger partial charge is 0.216 e. The van der Waals surface area contributed by atoms with Gasteiger partial charge in [0.05, 0.1) is 5.69 Å². The van der Waals surface area contributed by atoms with Crippen LogP contribution in [-0.4, -0.2) is 4.98 Å². The monoisotopic (exact) mass is 207 g/mol. The van der Waals surface area contributed by atoms with Gasteiger partial charge in [0.2, 0.25) is 5.95 Å². The molecule has 0 fully saturated rings. The Kier molecular flexibility index (Phi) is 2.32. The minimum Gasteiger partial charge on any atom is -0.224 e. The summed E-state index contributed by atoms with van der Waals surface area (Å²) in [6.07, 6.45) is 0. The highest BCUT2D eigenvalue weighted by Crippen LogP contribution is 2.06. The van der Waals surface area contributed by atoms with Crippen molar-refractivity contribution in [2.45, 2.75) is 5.33 Å². The van der Waals surface area contributed by atoms with Crippen molar-refractivity contribution in [1.82, 2.24) is 4.98 Å². The second kappa shape index (κ2) is 3.05. The Morgan fingerprint density at radius 1 is 1.40 bits per heavy atom. The summed E-state index contributed by atoms with van der Waals surface area (Å²) >= 11 is 3.03. The largest absolute Gasteiger partial charge is 0.224 e. The second-order valence-corrected chi connectivity index (χ2v) is 2.29. The van der Waals surface area contributed by atoms with Gasteiger partial charge in [0.1, 0.15) is 5.82 Å². The van der Waals surface area contributed by atoms with Crippen LogP contribution >= 0.6 is 15.9 Å². The van der Waals surface area contributed by atoms with Crippen molar-refractivity contribution in [3.63, 3.8) is 0 Å². The first-order valence-corrected chi connectivity index (χ1v) is 3.72. The Bertz CT molecular complexity index is 219. The van der Waals surface area contributed by atoms with Crippen molar-refractivity contribution in [3.8, 4) is 0 Å². The van der Waals surface area contributed by atoms with E-state index < -0.39 is 11.8 Å². The van der Waals surface area contributed by atoms with Gasteiger partial charge in [0.15, 0.2) is 0 Å². The molecule has 10 heavy (non-hydrogen) atoms. The van der Waals surface area contributed by atoms with Crippen LogP contribution in [0.5, 0.6) is 0 Å². The molecule has 54 valence electrons. The zero-order valence-corrected chi connectivity index (χ0v) is 6.53. The zero-order chi connectivity index (χ0) is 7.56. The van der Waals surface area contributed by atoms with Crippen LogP contribution in [0, 0.1) is 11.8 Å². The number of pyridine rings is 1. The Hall–Kier alpha value is -0.510. The van der Waals surface area contributed by atoms with Gasteiger partial charge in [0.25, 0.3) is 0 Å². The van der Waals surface area contributed by atoms with E-state index in [0.29, 0.717) is 11.0 Å². The lowest BCUT2D eigenvalue weighted by Gasteiger charge is -1.93. The molecule has 0 bridgehead atoms. The lowest BCUT2D eigenvalue weighted by atomic mass is 10.4. The fourth-order valence-corrected chi connectivity index (χ4v) is 0.872. The molecule has 0 N–H and O–H groups in total. The molecule has 0 spiro atoms. The van der Waals surface area contributed by atoms with Crippen molar-refractivity contribution in [2.24, 2.45) is 0 Å². The average molecular weight is 208 g/mol. The van der Waals surface area contributed by atoms with E-state index in [-0.39, 0.29) is 0 Å². The normalized spacial score (nSPS) is 9.90. The SMILES string of the molecule is Fc1cc(F)nc(CBr)c1. The van der Waals surface area contributed by atoms with E-state index >= 15 is 0 Å². The average Bonchev–Trinajstić information content (AvgIpc) is 1.85. The molecule has 1 aromatic rings. The van der Waals surface area contributed by atoms with E-state index in [1.54, 1.807) is 0 Å². The Morgan fingerprint density at radius 3 is 2.60 bits per heavy atom. The molecule has 0 aromatic carbocycles. The van der Waals surface area contributed by atoms with Crippen molar-refractivity contribution in [1.29, 1.82) is 0 Å². The van der Waals surface area contributed by atoms with Gasteiger partial charge in [0, 0.05) is 11.4 Å². The minimum atomic E-state index is -0.783. The van der Waals surface area contributed by atoms with Gasteiger partial charge in [-0.3, -0.25) is 0 Å². The van der Waals surface area contributed by atoms with E-state index in [1.165, 1.54) is 6.07 Å². The van der Waals surface area contributed by atoms with Gasteiger partial charge in [-0.15, -0.1) is 0 Å². The third-order valence-corrected chi connectivity index (χ3v) is 1.52. The fourth-order valence-electron chi connectivity index (χ4n) is 0.585. The first-order valence-electron chi connectivity index (χ1n) is 2.60. The maximum absolute atomic E-state index is 12.3. The molecule has 0 aliphatic rings. The highest BCUT2D eigenvalue weighted by Gasteiger charge is 1.99. The predicted molar refractivity (Wildman–Crippen MR) is 36.8 cm³/mol. The van der Waals surface area contributed by atoms with E-state index in [4.69, 9.17) is 0 Å². The molecule has 1 aromatic heterocycles. The second-order valence-electron chi connectivity index (χ2n) is 1.73. The summed E-state index contributed by atoms with van der Waals surface area (Å²) in [6, 6.07) is 1.92. The van der Waals surface area contributed by atoms with Crippen LogP contribution in [0.3, 0.4) is 0 Å². The molecule has 0 amide bonds. The van der Waals surface area contributed by atoms with E-state index in [9.17, 15) is 8.78 Å². The number of halogens is 3. The van der Waals surface area contributed by atoms with Crippen molar-refractivity contribution in [2.75, 3.05) is 0 Å². The van der Waals surface area contributed by atoms with E-state index in [2.05, 4.69) is 20.9 Å². The van der Waals surface area contributed by atoms with Gasteiger partial charge in [-0.1, -0.05) is 15.9 Å². The van der Waals surface area contributed by atoms with Crippen LogP contribution in [0.4, 0.5) is 8.78 Å². The topological polar surface area (TPSA) is 12.9 Å². The lowest BCUT2D eigenvalue weighted by Crippen LogP contribution is -1.90. The zero-order valence-electron chi connectivity index (χ0n) is 4.94. The Morgan fingerprint density at radius 2 is 2.10 bits per heavy atom. The van der Waals surface area contributed by atoms with Crippen LogP contribution in [0.2, 0.25) is 0 Å². The molecule has 0 aliphatic carbocycles. The predicted octanol–water partition coefficient (Wildman–Crippen LogP) is 2.25. The molecule has 1 nitrogen and oxygen atoms in total. The van der Waals surface area contributed by atoms with E-state index in [0.717, 1.165) is 6.07 Å². The Balaban J connectivity index is 3.06. The maximum atomic E-state index is 12.3. The number of aromatic nitrogens is 1. The van der Waals surface area contributed by atoms with Crippen molar-refractivity contribution < 1.29 is 8.78 Å². The third kappa shape index (κ3) is 1.73. The lowest BCUT2D eigenvalue weighted by molar-refractivity contribution is 0.547. The number of hydrogen-bond acceptors (Lipinski definition) is 1. The molecule has 0 radical (unpaired) electrons. The van der Waals surface area contributed by atoms with Crippen molar-refractivity contribution >= 4 is 15.9 Å². The van der Waals surface area contributed by atoms with E-state index in [1.807, 2.05) is 0 Å². The summed E-state index contributed by atoms with van der Waals surface area (Å²) in [6.45, 7) is 0. The molecular formula is C6H4BrF2N. The number of rotatable bonds is 1. The summed E-state index contributed by atoms with van der Waals surface area (Å²) in [5, 5.41) is 0.363. The van der Waals surface area contributed by atoms with Gasteiger partial charge in [-0.05, 0) is 6.07 Å². The molecular weight excluding hydrogens is 204 g/mol.